The summed E-state index contributed by atoms with van der Waals surface area (Å²) in [5.41, 5.74) is -1.32. The number of Topliss-reactive ketones (excluding diaryl/α,β-unsaturated/α-hetero) is 1. The second-order valence-electron chi connectivity index (χ2n) is 13.4. The summed E-state index contributed by atoms with van der Waals surface area (Å²) < 4.78 is 34.6. The fourth-order valence-electron chi connectivity index (χ4n) is 6.48. The number of hydrogen-bond acceptors (Lipinski definition) is 5. The van der Waals surface area contributed by atoms with Crippen LogP contribution in [-0.2, 0) is 24.0 Å². The number of ketones is 1. The number of nitrogens with zero attached hydrogens (tertiary/aromatic N) is 1. The molecule has 2 unspecified atom stereocenters. The number of amides is 1. The van der Waals surface area contributed by atoms with Crippen LogP contribution in [0.25, 0.3) is 0 Å². The maximum absolute atomic E-state index is 13.8. The van der Waals surface area contributed by atoms with Crippen LogP contribution < -0.4 is 0 Å². The van der Waals surface area contributed by atoms with E-state index in [9.17, 15) is 18.0 Å². The first-order valence-electron chi connectivity index (χ1n) is 12.5. The molecular weight excluding hydrogens is 454 g/mol. The number of hydrogen-bond donors (Lipinski definition) is 0. The van der Waals surface area contributed by atoms with E-state index in [0.717, 1.165) is 19.3 Å². The van der Waals surface area contributed by atoms with Gasteiger partial charge in [0.1, 0.15) is 5.78 Å². The lowest BCUT2D eigenvalue weighted by atomic mass is 9.69. The van der Waals surface area contributed by atoms with Crippen LogP contribution in [0.1, 0.15) is 87.5 Å². The van der Waals surface area contributed by atoms with Gasteiger partial charge in [-0.25, -0.2) is 12.7 Å². The van der Waals surface area contributed by atoms with Crippen LogP contribution in [0, 0.1) is 22.2 Å². The topological polar surface area (TPSA) is 80.8 Å². The Kier molecular flexibility index (Phi) is 6.42. The third-order valence-electron chi connectivity index (χ3n) is 10.1. The van der Waals surface area contributed by atoms with Gasteiger partial charge in [0.05, 0.1) is 24.3 Å². The smallest absolute Gasteiger partial charge is 0.238 e. The molecule has 0 aromatic carbocycles. The van der Waals surface area contributed by atoms with Crippen molar-refractivity contribution in [2.45, 2.75) is 118 Å². The highest BCUT2D eigenvalue weighted by Gasteiger charge is 2.72. The monoisotopic (exact) mass is 499 g/mol. The van der Waals surface area contributed by atoms with Gasteiger partial charge >= 0.3 is 0 Å². The van der Waals surface area contributed by atoms with E-state index >= 15 is 0 Å². The first-order valence-corrected chi connectivity index (χ1v) is 17.0. The SMILES string of the molecule is CCC(=O)C(C)(C)[C@H](CC(=O)N1C2CC3CC[C@]2(CS1(=O)=O)C3(C)C)O[Si](C)(C)C(C)(C)C. The van der Waals surface area contributed by atoms with E-state index in [1.165, 1.54) is 4.31 Å². The van der Waals surface area contributed by atoms with Crippen molar-refractivity contribution in [2.24, 2.45) is 22.2 Å². The number of carbonyl (C=O) groups excluding carboxylic acids is 2. The number of fused-ring (bicyclic) bond motifs is 1. The van der Waals surface area contributed by atoms with Gasteiger partial charge in [-0.1, -0.05) is 55.4 Å². The Bertz CT molecular complexity index is 933. The molecule has 4 atom stereocenters. The second-order valence-corrected chi connectivity index (χ2v) is 20.0. The minimum atomic E-state index is -3.69. The zero-order valence-electron chi connectivity index (χ0n) is 22.4. The Morgan fingerprint density at radius 3 is 2.21 bits per heavy atom. The van der Waals surface area contributed by atoms with Crippen LogP contribution >= 0.6 is 0 Å². The van der Waals surface area contributed by atoms with Crippen LogP contribution in [-0.4, -0.2) is 50.6 Å². The summed E-state index contributed by atoms with van der Waals surface area (Å²) in [7, 11) is -6.01. The lowest BCUT2D eigenvalue weighted by molar-refractivity contribution is -0.137. The lowest BCUT2D eigenvalue weighted by Gasteiger charge is -2.44. The second kappa shape index (κ2) is 7.89. The Hall–Kier alpha value is -0.733. The van der Waals surface area contributed by atoms with Crippen molar-refractivity contribution in [2.75, 3.05) is 5.75 Å². The van der Waals surface area contributed by atoms with Crippen LogP contribution in [0.3, 0.4) is 0 Å². The minimum absolute atomic E-state index is 0.0285. The molecule has 1 amide bonds. The van der Waals surface area contributed by atoms with Gasteiger partial charge in [0.15, 0.2) is 8.32 Å². The van der Waals surface area contributed by atoms with Crippen LogP contribution in [0.5, 0.6) is 0 Å². The highest BCUT2D eigenvalue weighted by molar-refractivity contribution is 7.90. The van der Waals surface area contributed by atoms with E-state index in [1.54, 1.807) is 0 Å². The molecule has 33 heavy (non-hydrogen) atoms. The summed E-state index contributed by atoms with van der Waals surface area (Å²) in [5.74, 6) is 0.137. The third kappa shape index (κ3) is 3.96. The quantitative estimate of drug-likeness (QED) is 0.453. The van der Waals surface area contributed by atoms with Gasteiger partial charge in [0, 0.05) is 17.3 Å². The maximum Gasteiger partial charge on any atom is 0.238 e. The molecule has 3 aliphatic rings. The van der Waals surface area contributed by atoms with E-state index in [1.807, 2.05) is 20.8 Å². The van der Waals surface area contributed by atoms with Gasteiger partial charge < -0.3 is 4.43 Å². The number of rotatable bonds is 7. The van der Waals surface area contributed by atoms with Crippen molar-refractivity contribution in [1.82, 2.24) is 4.31 Å². The van der Waals surface area contributed by atoms with Crippen LogP contribution in [0.4, 0.5) is 0 Å². The Balaban J connectivity index is 1.95. The Morgan fingerprint density at radius 1 is 1.15 bits per heavy atom. The third-order valence-corrected chi connectivity index (χ3v) is 16.5. The summed E-state index contributed by atoms with van der Waals surface area (Å²) in [6, 6.07) is -0.262. The Morgan fingerprint density at radius 2 is 1.73 bits per heavy atom. The molecule has 1 saturated heterocycles. The van der Waals surface area contributed by atoms with Gasteiger partial charge in [-0.05, 0) is 48.7 Å². The van der Waals surface area contributed by atoms with Gasteiger partial charge in [-0.2, -0.15) is 0 Å². The highest BCUT2D eigenvalue weighted by Crippen LogP contribution is 2.70. The van der Waals surface area contributed by atoms with E-state index in [-0.39, 0.29) is 39.9 Å². The number of carbonyl (C=O) groups is 2. The van der Waals surface area contributed by atoms with Crippen LogP contribution in [0.2, 0.25) is 18.1 Å². The molecule has 1 aliphatic heterocycles. The average molecular weight is 500 g/mol. The molecule has 2 aliphatic carbocycles. The van der Waals surface area contributed by atoms with Crippen molar-refractivity contribution in [1.29, 1.82) is 0 Å². The predicted molar refractivity (Wildman–Crippen MR) is 134 cm³/mol. The Labute approximate surface area is 202 Å². The fourth-order valence-corrected chi connectivity index (χ4v) is 10.5. The van der Waals surface area contributed by atoms with E-state index < -0.39 is 35.8 Å². The number of sulfonamides is 1. The molecule has 3 rings (SSSR count). The average Bonchev–Trinajstić information content (AvgIpc) is 3.13. The summed E-state index contributed by atoms with van der Waals surface area (Å²) >= 11 is 0. The van der Waals surface area contributed by atoms with E-state index in [2.05, 4.69) is 47.7 Å². The molecule has 8 heteroatoms. The normalized spacial score (nSPS) is 31.5. The van der Waals surface area contributed by atoms with Gasteiger partial charge in [-0.3, -0.25) is 9.59 Å². The van der Waals surface area contributed by atoms with Crippen molar-refractivity contribution in [3.63, 3.8) is 0 Å². The summed E-state index contributed by atoms with van der Waals surface area (Å²) in [6.45, 7) is 20.4. The maximum atomic E-state index is 13.8. The molecular formula is C25H45NO5SSi. The van der Waals surface area contributed by atoms with E-state index in [0.29, 0.717) is 12.3 Å². The van der Waals surface area contributed by atoms with Crippen molar-refractivity contribution in [3.05, 3.63) is 0 Å². The lowest BCUT2D eigenvalue weighted by Crippen LogP contribution is -2.52. The van der Waals surface area contributed by atoms with Crippen LogP contribution in [0.15, 0.2) is 0 Å². The summed E-state index contributed by atoms with van der Waals surface area (Å²) in [5, 5.41) is -0.0992. The standard InChI is InChI=1S/C25H45NO5SSi/c1-11-19(27)23(5,6)20(31-33(9,10)22(2,3)4)15-21(28)26-18-14-17-12-13-25(18,24(17,7)8)16-32(26,29)30/h17-18,20H,11-16H2,1-10H3/t17?,18?,20-,25+/m0/s1. The molecule has 0 N–H and O–H groups in total. The van der Waals surface area contributed by atoms with Gasteiger partial charge in [-0.15, -0.1) is 0 Å². The molecule has 1 spiro atoms. The first kappa shape index (κ1) is 26.9. The van der Waals surface area contributed by atoms with Crippen molar-refractivity contribution >= 4 is 30.0 Å². The summed E-state index contributed by atoms with van der Waals surface area (Å²) in [4.78, 5) is 26.7. The minimum Gasteiger partial charge on any atom is -0.412 e. The molecule has 190 valence electrons. The molecule has 1 heterocycles. The van der Waals surface area contributed by atoms with Gasteiger partial charge in [0.25, 0.3) is 0 Å². The van der Waals surface area contributed by atoms with E-state index in [4.69, 9.17) is 4.43 Å². The molecule has 0 aromatic rings. The zero-order chi connectivity index (χ0) is 25.4. The zero-order valence-corrected chi connectivity index (χ0v) is 24.2. The molecule has 6 nitrogen and oxygen atoms in total. The fraction of sp³-hybridized carbons (Fsp3) is 0.920. The first-order chi connectivity index (χ1) is 14.7. The predicted octanol–water partition coefficient (Wildman–Crippen LogP) is 5.14. The van der Waals surface area contributed by atoms with Gasteiger partial charge in [0.2, 0.25) is 15.9 Å². The summed E-state index contributed by atoms with van der Waals surface area (Å²) in [6.07, 6.45) is 2.27. The van der Waals surface area contributed by atoms with Crippen molar-refractivity contribution < 1.29 is 22.4 Å². The molecule has 2 bridgehead atoms. The van der Waals surface area contributed by atoms with Crippen molar-refractivity contribution in [3.8, 4) is 0 Å². The molecule has 3 fully saturated rings. The molecule has 2 saturated carbocycles. The largest absolute Gasteiger partial charge is 0.412 e. The molecule has 0 aromatic heterocycles. The highest BCUT2D eigenvalue weighted by atomic mass is 32.2. The molecule has 0 radical (unpaired) electrons.